The number of nitrogens with zero attached hydrogens (tertiary/aromatic N) is 3. The predicted molar refractivity (Wildman–Crippen MR) is 99.3 cm³/mol. The van der Waals surface area contributed by atoms with E-state index in [2.05, 4.69) is 52.9 Å². The molecule has 23 heavy (non-hydrogen) atoms. The normalized spacial score (nSPS) is 24.7. The van der Waals surface area contributed by atoms with Gasteiger partial charge >= 0.3 is 0 Å². The van der Waals surface area contributed by atoms with Crippen LogP contribution in [0.5, 0.6) is 0 Å². The maximum absolute atomic E-state index is 2.72. The van der Waals surface area contributed by atoms with E-state index < -0.39 is 0 Å². The molecule has 2 aliphatic rings. The molecule has 0 radical (unpaired) electrons. The Balaban J connectivity index is 1.43. The number of aryl methyl sites for hydroxylation is 1. The molecule has 0 bridgehead atoms. The first-order chi connectivity index (χ1) is 11.2. The highest BCUT2D eigenvalue weighted by molar-refractivity contribution is 7.19. The van der Waals surface area contributed by atoms with Crippen molar-refractivity contribution >= 4 is 21.4 Å². The minimum absolute atomic E-state index is 0.772. The Morgan fingerprint density at radius 2 is 1.87 bits per heavy atom. The number of rotatable bonds is 3. The van der Waals surface area contributed by atoms with Gasteiger partial charge in [0.15, 0.2) is 0 Å². The molecule has 0 aliphatic carbocycles. The molecule has 0 saturated carbocycles. The number of likely N-dealkylation sites (tertiary alicyclic amines) is 1. The largest absolute Gasteiger partial charge is 0.304 e. The van der Waals surface area contributed by atoms with Gasteiger partial charge in [-0.05, 0) is 37.4 Å². The van der Waals surface area contributed by atoms with Crippen LogP contribution in [0.1, 0.15) is 16.9 Å². The molecule has 1 aromatic heterocycles. The smallest absolute Gasteiger partial charge is 0.0348 e. The molecule has 1 aromatic carbocycles. The molecule has 0 spiro atoms. The standard InChI is InChI=1S/C19H27N3S/c1-15-18(17-5-3-4-6-19(17)23-15)14-21-8-7-16(13-21)22-11-9-20(2)10-12-22/h3-6,16H,7-14H2,1-2H3. The van der Waals surface area contributed by atoms with Crippen molar-refractivity contribution in [2.45, 2.75) is 25.9 Å². The van der Waals surface area contributed by atoms with Crippen LogP contribution in [0.4, 0.5) is 0 Å². The Labute approximate surface area is 143 Å². The molecule has 0 amide bonds. The summed E-state index contributed by atoms with van der Waals surface area (Å²) >= 11 is 1.95. The van der Waals surface area contributed by atoms with E-state index in [4.69, 9.17) is 0 Å². The molecule has 4 rings (SSSR count). The first-order valence-electron chi connectivity index (χ1n) is 8.82. The van der Waals surface area contributed by atoms with E-state index >= 15 is 0 Å². The first-order valence-corrected chi connectivity index (χ1v) is 9.64. The lowest BCUT2D eigenvalue weighted by molar-refractivity contribution is 0.112. The molecule has 1 atom stereocenters. The molecule has 124 valence electrons. The van der Waals surface area contributed by atoms with Crippen molar-refractivity contribution in [2.75, 3.05) is 46.3 Å². The van der Waals surface area contributed by atoms with Gasteiger partial charge in [0.05, 0.1) is 0 Å². The van der Waals surface area contributed by atoms with E-state index in [9.17, 15) is 0 Å². The summed E-state index contributed by atoms with van der Waals surface area (Å²) in [5.41, 5.74) is 1.56. The van der Waals surface area contributed by atoms with Gasteiger partial charge in [-0.15, -0.1) is 11.3 Å². The highest BCUT2D eigenvalue weighted by Gasteiger charge is 2.29. The van der Waals surface area contributed by atoms with Gasteiger partial charge in [-0.25, -0.2) is 0 Å². The average Bonchev–Trinajstić information content (AvgIpc) is 3.14. The second kappa shape index (κ2) is 6.52. The molecule has 2 aromatic rings. The summed E-state index contributed by atoms with van der Waals surface area (Å²) in [5.74, 6) is 0. The van der Waals surface area contributed by atoms with E-state index in [1.165, 1.54) is 60.7 Å². The van der Waals surface area contributed by atoms with Gasteiger partial charge in [-0.1, -0.05) is 18.2 Å². The van der Waals surface area contributed by atoms with Gasteiger partial charge in [-0.2, -0.15) is 0 Å². The fraction of sp³-hybridized carbons (Fsp3) is 0.579. The molecular formula is C19H27N3S. The number of benzene rings is 1. The summed E-state index contributed by atoms with van der Waals surface area (Å²) in [6, 6.07) is 9.65. The number of hydrogen-bond acceptors (Lipinski definition) is 4. The molecule has 3 nitrogen and oxygen atoms in total. The summed E-state index contributed by atoms with van der Waals surface area (Å²) in [7, 11) is 2.24. The van der Waals surface area contributed by atoms with Crippen molar-refractivity contribution in [3.63, 3.8) is 0 Å². The van der Waals surface area contributed by atoms with Gasteiger partial charge in [0.1, 0.15) is 0 Å². The van der Waals surface area contributed by atoms with Crippen LogP contribution >= 0.6 is 11.3 Å². The van der Waals surface area contributed by atoms with Crippen molar-refractivity contribution in [2.24, 2.45) is 0 Å². The summed E-state index contributed by atoms with van der Waals surface area (Å²) in [5, 5.41) is 1.47. The maximum Gasteiger partial charge on any atom is 0.0348 e. The van der Waals surface area contributed by atoms with Crippen LogP contribution in [0.3, 0.4) is 0 Å². The van der Waals surface area contributed by atoms with Gasteiger partial charge in [0, 0.05) is 61.4 Å². The average molecular weight is 330 g/mol. The minimum atomic E-state index is 0.772. The highest BCUT2D eigenvalue weighted by Crippen LogP contribution is 2.32. The van der Waals surface area contributed by atoms with E-state index in [1.807, 2.05) is 11.3 Å². The van der Waals surface area contributed by atoms with Crippen LogP contribution in [-0.4, -0.2) is 67.1 Å². The number of likely N-dealkylation sites (N-methyl/N-ethyl adjacent to an activating group) is 1. The molecule has 3 heterocycles. The zero-order valence-electron chi connectivity index (χ0n) is 14.3. The third kappa shape index (κ3) is 3.18. The lowest BCUT2D eigenvalue weighted by Gasteiger charge is -2.36. The SMILES string of the molecule is Cc1sc2ccccc2c1CN1CCC(N2CCN(C)CC2)C1. The van der Waals surface area contributed by atoms with Crippen LogP contribution in [0.15, 0.2) is 24.3 Å². The summed E-state index contributed by atoms with van der Waals surface area (Å²) in [4.78, 5) is 9.34. The van der Waals surface area contributed by atoms with E-state index in [0.717, 1.165) is 12.6 Å². The van der Waals surface area contributed by atoms with Crippen molar-refractivity contribution < 1.29 is 0 Å². The third-order valence-corrected chi connectivity index (χ3v) is 6.71. The quantitative estimate of drug-likeness (QED) is 0.857. The van der Waals surface area contributed by atoms with Gasteiger partial charge < -0.3 is 4.90 Å². The van der Waals surface area contributed by atoms with Crippen LogP contribution in [0, 0.1) is 6.92 Å². The van der Waals surface area contributed by atoms with Gasteiger partial charge in [0.2, 0.25) is 0 Å². The van der Waals surface area contributed by atoms with E-state index in [1.54, 1.807) is 5.56 Å². The Morgan fingerprint density at radius 1 is 1.09 bits per heavy atom. The number of piperazine rings is 1. The number of thiophene rings is 1. The number of fused-ring (bicyclic) bond motifs is 1. The van der Waals surface area contributed by atoms with E-state index in [-0.39, 0.29) is 0 Å². The lowest BCUT2D eigenvalue weighted by atomic mass is 10.1. The van der Waals surface area contributed by atoms with Crippen LogP contribution in [-0.2, 0) is 6.54 Å². The fourth-order valence-electron chi connectivity index (χ4n) is 4.08. The van der Waals surface area contributed by atoms with Crippen LogP contribution in [0.25, 0.3) is 10.1 Å². The predicted octanol–water partition coefficient (Wildman–Crippen LogP) is 3.03. The monoisotopic (exact) mass is 329 g/mol. The highest BCUT2D eigenvalue weighted by atomic mass is 32.1. The van der Waals surface area contributed by atoms with E-state index in [0.29, 0.717) is 0 Å². The van der Waals surface area contributed by atoms with Crippen molar-refractivity contribution in [3.8, 4) is 0 Å². The summed E-state index contributed by atoms with van der Waals surface area (Å²) in [6.07, 6.45) is 1.34. The molecule has 2 fully saturated rings. The van der Waals surface area contributed by atoms with Crippen molar-refractivity contribution in [3.05, 3.63) is 34.7 Å². The minimum Gasteiger partial charge on any atom is -0.304 e. The molecule has 1 unspecified atom stereocenters. The Bertz CT molecular complexity index is 672. The zero-order chi connectivity index (χ0) is 15.8. The lowest BCUT2D eigenvalue weighted by Crippen LogP contribution is -2.49. The van der Waals surface area contributed by atoms with Crippen molar-refractivity contribution in [1.29, 1.82) is 0 Å². The summed E-state index contributed by atoms with van der Waals surface area (Å²) < 4.78 is 1.44. The third-order valence-electron chi connectivity index (χ3n) is 5.58. The molecule has 0 N–H and O–H groups in total. The first kappa shape index (κ1) is 15.6. The Kier molecular flexibility index (Phi) is 4.41. The fourth-order valence-corrected chi connectivity index (χ4v) is 5.16. The second-order valence-electron chi connectivity index (χ2n) is 7.15. The Hall–Kier alpha value is -0.940. The number of hydrogen-bond donors (Lipinski definition) is 0. The molecule has 2 aliphatic heterocycles. The zero-order valence-corrected chi connectivity index (χ0v) is 15.1. The second-order valence-corrected chi connectivity index (χ2v) is 8.41. The van der Waals surface area contributed by atoms with Crippen LogP contribution < -0.4 is 0 Å². The summed E-state index contributed by atoms with van der Waals surface area (Å²) in [6.45, 7) is 10.8. The van der Waals surface area contributed by atoms with Crippen LogP contribution in [0.2, 0.25) is 0 Å². The van der Waals surface area contributed by atoms with Crippen molar-refractivity contribution in [1.82, 2.24) is 14.7 Å². The van der Waals surface area contributed by atoms with Gasteiger partial charge in [-0.3, -0.25) is 9.80 Å². The molecule has 2 saturated heterocycles. The topological polar surface area (TPSA) is 9.72 Å². The van der Waals surface area contributed by atoms with Gasteiger partial charge in [0.25, 0.3) is 0 Å². The maximum atomic E-state index is 2.72. The Morgan fingerprint density at radius 3 is 2.70 bits per heavy atom. The molecule has 4 heteroatoms. The molecular weight excluding hydrogens is 302 g/mol.